The monoisotopic (exact) mass is 1690 g/mol. The highest BCUT2D eigenvalue weighted by Crippen LogP contribution is 2.49. The van der Waals surface area contributed by atoms with Gasteiger partial charge in [-0.3, -0.25) is 4.79 Å². The molecular weight excluding hydrogens is 1600 g/mol. The lowest BCUT2D eigenvalue weighted by atomic mass is 9.92. The van der Waals surface area contributed by atoms with Gasteiger partial charge in [-0.15, -0.1) is 0 Å². The van der Waals surface area contributed by atoms with Crippen LogP contribution in [0.3, 0.4) is 0 Å². The van der Waals surface area contributed by atoms with Crippen molar-refractivity contribution in [3.05, 3.63) is 332 Å². The Balaban J connectivity index is 0.000000130. The summed E-state index contributed by atoms with van der Waals surface area (Å²) >= 11 is 0. The number of ether oxygens (including phenoxy) is 6. The number of rotatable bonds is 17. The van der Waals surface area contributed by atoms with Crippen LogP contribution in [0.4, 0.5) is 40.5 Å². The summed E-state index contributed by atoms with van der Waals surface area (Å²) in [6.07, 6.45) is 10.2. The number of benzene rings is 9. The number of likely N-dealkylation sites (N-methyl/N-ethyl adjacent to an activating group) is 2. The van der Waals surface area contributed by atoms with Crippen molar-refractivity contribution in [2.75, 3.05) is 100 Å². The van der Waals surface area contributed by atoms with Crippen LogP contribution in [0.2, 0.25) is 0 Å². The maximum atomic E-state index is 14.4. The molecule has 635 valence electrons. The standard InChI is InChI=1S/C33H28N6O2.2C33H27N5O2.C4H8O.CH4.B/c1-38-19-20-41-26-17-16-24(21-25(26)38)29-31(35-27-15-9-10-18-34-27)36-32-28(22-11-5-3-6-12-22)30(23-13-7-4-8-14-23)37-39(32)33(29)40-2;1-39-33-29(25-17-18-26-24(21-25)15-10-20-40-26)31(35-27-16-8-9-19-34-27)36-32-28(22-11-4-2-5-12-22)30(37-38(32)33)23-13-6-3-7-14-23;1-37-18-19-40-28-16-15-24(20-26(28)37)30-25(35-29-14-8-9-17-34-29)21-27-31(22-10-4-2-5-11-22)32(36-38(27)33(30)39)23-12-6-3-7-13-23;1-2-4-5-3-1;;/h3-18,21H,19-20H2,1-2H3,(H,34,35,36);2-9,11-14,16-19,21H,10,15,20H2,1H3,(H,34,35,36);2-17,20H,18-19,21H2,1H3,(H,34,35);1-4H2;1H4;. The summed E-state index contributed by atoms with van der Waals surface area (Å²) in [5.41, 5.74) is 22.2. The lowest BCUT2D eigenvalue weighted by molar-refractivity contribution is 0.0958. The molecule has 0 atom stereocenters. The normalized spacial score (nSPS) is 13.4. The van der Waals surface area contributed by atoms with Crippen molar-refractivity contribution in [3.63, 3.8) is 0 Å². The van der Waals surface area contributed by atoms with E-state index in [4.69, 9.17) is 53.7 Å². The Morgan fingerprint density at radius 2 is 0.766 bits per heavy atom. The highest BCUT2D eigenvalue weighted by Gasteiger charge is 2.36. The quantitative estimate of drug-likeness (QED) is 0.0719. The van der Waals surface area contributed by atoms with E-state index in [1.54, 1.807) is 37.5 Å². The van der Waals surface area contributed by atoms with E-state index in [1.165, 1.54) is 18.4 Å². The average Bonchev–Trinajstić information content (AvgIpc) is 1.57. The zero-order valence-electron chi connectivity index (χ0n) is 70.7. The van der Waals surface area contributed by atoms with Gasteiger partial charge in [0.05, 0.1) is 78.8 Å². The number of allylic oxidation sites excluding steroid dienone is 2. The molecule has 9 aromatic carbocycles. The Kier molecular flexibility index (Phi) is 25.5. The summed E-state index contributed by atoms with van der Waals surface area (Å²) in [5.74, 6) is 6.86. The number of nitrogens with zero attached hydrogens (tertiary/aromatic N) is 13. The first-order chi connectivity index (χ1) is 62.2. The van der Waals surface area contributed by atoms with Gasteiger partial charge in [0.25, 0.3) is 5.91 Å². The fourth-order valence-corrected chi connectivity index (χ4v) is 16.6. The number of aromatic nitrogens is 11. The highest BCUT2D eigenvalue weighted by molar-refractivity contribution is 6.23. The molecule has 22 rings (SSSR count). The molecule has 0 spiro atoms. The second kappa shape index (κ2) is 38.6. The summed E-state index contributed by atoms with van der Waals surface area (Å²) in [6, 6.07) is 96.6. The number of hydrogen-bond donors (Lipinski definition) is 3. The molecule has 0 unspecified atom stereocenters. The predicted molar refractivity (Wildman–Crippen MR) is 509 cm³/mol. The van der Waals surface area contributed by atoms with Gasteiger partial charge in [0.15, 0.2) is 11.3 Å². The minimum absolute atomic E-state index is 0. The van der Waals surface area contributed by atoms with Crippen LogP contribution >= 0.6 is 0 Å². The zero-order chi connectivity index (χ0) is 85.2. The fourth-order valence-electron chi connectivity index (χ4n) is 16.6. The first kappa shape index (κ1) is 84.5. The van der Waals surface area contributed by atoms with E-state index >= 15 is 0 Å². The largest absolute Gasteiger partial charge is 0.493 e. The molecular formula is C104H94BN16O7. The van der Waals surface area contributed by atoms with Crippen LogP contribution in [-0.2, 0) is 17.6 Å². The summed E-state index contributed by atoms with van der Waals surface area (Å²) in [5, 5.41) is 25.6. The number of pyridine rings is 3. The number of nitrogens with one attached hydrogen (secondary N) is 3. The van der Waals surface area contributed by atoms with Gasteiger partial charge in [-0.2, -0.15) is 29.0 Å². The van der Waals surface area contributed by atoms with Crippen molar-refractivity contribution in [1.82, 2.24) is 53.9 Å². The van der Waals surface area contributed by atoms with Crippen molar-refractivity contribution in [3.8, 4) is 118 Å². The zero-order valence-corrected chi connectivity index (χ0v) is 70.7. The third kappa shape index (κ3) is 17.4. The Bertz CT molecular complexity index is 6770. The number of hydrogen-bond acceptors (Lipinski definition) is 20. The van der Waals surface area contributed by atoms with Crippen LogP contribution in [0.1, 0.15) is 48.3 Å². The Morgan fingerprint density at radius 3 is 1.20 bits per heavy atom. The third-order valence-corrected chi connectivity index (χ3v) is 22.7. The van der Waals surface area contributed by atoms with Crippen LogP contribution in [0.15, 0.2) is 315 Å². The molecule has 0 amide bonds. The van der Waals surface area contributed by atoms with Crippen LogP contribution in [-0.4, -0.2) is 143 Å². The van der Waals surface area contributed by atoms with E-state index in [0.717, 1.165) is 181 Å². The molecule has 8 aromatic heterocycles. The van der Waals surface area contributed by atoms with E-state index in [0.29, 0.717) is 77.4 Å². The van der Waals surface area contributed by atoms with Gasteiger partial charge in [0.1, 0.15) is 76.6 Å². The average molecular weight is 1690 g/mol. The maximum Gasteiger partial charge on any atom is 0.280 e. The van der Waals surface area contributed by atoms with Gasteiger partial charge in [-0.05, 0) is 137 Å². The van der Waals surface area contributed by atoms with E-state index in [2.05, 4.69) is 127 Å². The second-order valence-corrected chi connectivity index (χ2v) is 30.7. The summed E-state index contributed by atoms with van der Waals surface area (Å²) < 4.78 is 40.2. The van der Waals surface area contributed by atoms with Gasteiger partial charge in [0.2, 0.25) is 11.8 Å². The third-order valence-electron chi connectivity index (χ3n) is 22.7. The van der Waals surface area contributed by atoms with Gasteiger partial charge in [0, 0.05) is 88.7 Å². The lowest BCUT2D eigenvalue weighted by Gasteiger charge is -2.29. The van der Waals surface area contributed by atoms with Crippen LogP contribution < -0.4 is 49.4 Å². The Labute approximate surface area is 744 Å². The van der Waals surface area contributed by atoms with E-state index < -0.39 is 0 Å². The van der Waals surface area contributed by atoms with E-state index in [9.17, 15) is 4.79 Å². The van der Waals surface area contributed by atoms with Crippen molar-refractivity contribution in [2.24, 2.45) is 0 Å². The second-order valence-electron chi connectivity index (χ2n) is 30.7. The smallest absolute Gasteiger partial charge is 0.280 e. The summed E-state index contributed by atoms with van der Waals surface area (Å²) in [6.45, 7) is 5.63. The van der Waals surface area contributed by atoms with Crippen molar-refractivity contribution < 1.29 is 33.2 Å². The number of methoxy groups -OCH3 is 2. The van der Waals surface area contributed by atoms with Crippen molar-refractivity contribution in [2.45, 2.75) is 39.5 Å². The maximum absolute atomic E-state index is 14.4. The number of anilines is 7. The van der Waals surface area contributed by atoms with Crippen LogP contribution in [0, 0.1) is 0 Å². The van der Waals surface area contributed by atoms with Crippen molar-refractivity contribution >= 4 is 71.7 Å². The molecule has 5 aliphatic rings. The number of aryl methyl sites for hydroxylation is 1. The number of carbonyl (C=O) groups excluding carboxylic acids is 1. The first-order valence-corrected chi connectivity index (χ1v) is 42.3. The molecule has 0 aliphatic carbocycles. The Hall–Kier alpha value is -15.7. The molecule has 128 heavy (non-hydrogen) atoms. The molecule has 23 nitrogen and oxygen atoms in total. The molecule has 1 fully saturated rings. The van der Waals surface area contributed by atoms with Crippen LogP contribution in [0.5, 0.6) is 29.0 Å². The summed E-state index contributed by atoms with van der Waals surface area (Å²) in [4.78, 5) is 42.8. The minimum atomic E-state index is -0.182. The Morgan fingerprint density at radius 1 is 0.375 bits per heavy atom. The van der Waals surface area contributed by atoms with E-state index in [1.807, 2.05) is 228 Å². The van der Waals surface area contributed by atoms with E-state index in [-0.39, 0.29) is 21.7 Å². The van der Waals surface area contributed by atoms with Gasteiger partial charge >= 0.3 is 0 Å². The first-order valence-electron chi connectivity index (χ1n) is 42.3. The number of fused-ring (bicyclic) bond motifs is 6. The topological polar surface area (TPSA) is 232 Å². The predicted octanol–water partition coefficient (Wildman–Crippen LogP) is 21.1. The number of carbonyl (C=O) groups is 1. The van der Waals surface area contributed by atoms with Gasteiger partial charge in [-0.25, -0.2) is 24.9 Å². The van der Waals surface area contributed by atoms with Crippen molar-refractivity contribution in [1.29, 1.82) is 0 Å². The molecule has 5 aliphatic heterocycles. The lowest BCUT2D eigenvalue weighted by Crippen LogP contribution is -2.29. The van der Waals surface area contributed by atoms with Gasteiger partial charge in [-0.1, -0.05) is 226 Å². The molecule has 1 saturated heterocycles. The molecule has 3 N–H and O–H groups in total. The SMILES string of the molecule is C.C1CCOC1.CN1CCOc2ccc(C3=C(Nc4ccccn4)Cc4c(-c5ccccc5)c(-c5ccccc5)nn4C3=O)cc21.COc1c(-c2ccc3c(c2)CCCO3)c(Nc2ccccn2)nc2c(-c3ccccc3)c(-c3ccccc3)nn12.COc1c(-c2ccc3c(c2)N(C)CCO3)c(Nc2ccccn2)nc2c(-c3ccccc3)c(-c3ccccc3)nn12.[B]. The molecule has 13 heterocycles. The van der Waals surface area contributed by atoms with Crippen LogP contribution in [0.25, 0.3) is 106 Å². The molecule has 24 heteroatoms. The fraction of sp³-hybridized carbons (Fsp3) is 0.163. The minimum Gasteiger partial charge on any atom is -0.493 e. The molecule has 0 bridgehead atoms. The summed E-state index contributed by atoms with van der Waals surface area (Å²) in [7, 11) is 7.46. The molecule has 3 radical (unpaired) electrons. The molecule has 17 aromatic rings. The highest BCUT2D eigenvalue weighted by atomic mass is 16.5. The van der Waals surface area contributed by atoms with Gasteiger partial charge < -0.3 is 54.2 Å². The molecule has 0 saturated carbocycles.